The predicted molar refractivity (Wildman–Crippen MR) is 61.1 cm³/mol. The van der Waals surface area contributed by atoms with Crippen LogP contribution < -0.4 is 0 Å². The first-order valence-electron chi connectivity index (χ1n) is 4.99. The number of phenolic OH excluding ortho intramolecular Hbond substituents is 1. The molecule has 0 aliphatic carbocycles. The fourth-order valence-electron chi connectivity index (χ4n) is 1.75. The summed E-state index contributed by atoms with van der Waals surface area (Å²) in [6.45, 7) is 0. The van der Waals surface area contributed by atoms with Crippen LogP contribution in [0.15, 0.2) is 53.1 Å². The molecule has 0 saturated carbocycles. The summed E-state index contributed by atoms with van der Waals surface area (Å²) in [6, 6.07) is 14.7. The van der Waals surface area contributed by atoms with Gasteiger partial charge >= 0.3 is 0 Å². The van der Waals surface area contributed by atoms with Gasteiger partial charge < -0.3 is 9.63 Å². The van der Waals surface area contributed by atoms with Crippen molar-refractivity contribution in [2.45, 2.75) is 0 Å². The van der Waals surface area contributed by atoms with E-state index in [2.05, 4.69) is 5.16 Å². The first-order chi connectivity index (χ1) is 7.86. The maximum Gasteiger partial charge on any atom is 0.178 e. The summed E-state index contributed by atoms with van der Waals surface area (Å²) in [4.78, 5) is 0. The van der Waals surface area contributed by atoms with Gasteiger partial charge in [0.15, 0.2) is 5.76 Å². The average Bonchev–Trinajstić information content (AvgIpc) is 2.74. The van der Waals surface area contributed by atoms with Crippen molar-refractivity contribution in [1.29, 1.82) is 0 Å². The van der Waals surface area contributed by atoms with Crippen molar-refractivity contribution < 1.29 is 9.63 Å². The summed E-state index contributed by atoms with van der Waals surface area (Å²) in [7, 11) is 0. The van der Waals surface area contributed by atoms with E-state index < -0.39 is 0 Å². The van der Waals surface area contributed by atoms with Crippen molar-refractivity contribution in [2.24, 2.45) is 0 Å². The van der Waals surface area contributed by atoms with Crippen LogP contribution in [0.5, 0.6) is 5.75 Å². The minimum atomic E-state index is 0.199. The van der Waals surface area contributed by atoms with Gasteiger partial charge in [-0.2, -0.15) is 0 Å². The molecule has 0 atom stereocenters. The predicted octanol–water partition coefficient (Wildman–Crippen LogP) is 3.20. The van der Waals surface area contributed by atoms with Crippen LogP contribution >= 0.6 is 0 Å². The van der Waals surface area contributed by atoms with Crippen molar-refractivity contribution in [3.63, 3.8) is 0 Å². The zero-order valence-corrected chi connectivity index (χ0v) is 8.42. The zero-order chi connectivity index (χ0) is 11.0. The normalized spacial score (nSPS) is 10.8. The Morgan fingerprint density at radius 1 is 0.938 bits per heavy atom. The molecule has 0 aliphatic rings. The molecule has 0 unspecified atom stereocenters. The van der Waals surface area contributed by atoms with Crippen molar-refractivity contribution >= 4 is 10.9 Å². The topological polar surface area (TPSA) is 46.3 Å². The molecule has 0 spiro atoms. The first-order valence-corrected chi connectivity index (χ1v) is 4.99. The van der Waals surface area contributed by atoms with E-state index in [9.17, 15) is 5.11 Å². The molecule has 1 aromatic heterocycles. The maximum absolute atomic E-state index is 9.75. The minimum Gasteiger partial charge on any atom is -0.507 e. The number of benzene rings is 2. The SMILES string of the molecule is Oc1ccccc1-c1onc2ccccc12. The van der Waals surface area contributed by atoms with Crippen molar-refractivity contribution in [3.05, 3.63) is 48.5 Å². The van der Waals surface area contributed by atoms with E-state index >= 15 is 0 Å². The maximum atomic E-state index is 9.75. The summed E-state index contributed by atoms with van der Waals surface area (Å²) in [5.41, 5.74) is 1.46. The van der Waals surface area contributed by atoms with Gasteiger partial charge in [-0.25, -0.2) is 0 Å². The highest BCUT2D eigenvalue weighted by atomic mass is 16.5. The van der Waals surface area contributed by atoms with Crippen LogP contribution in [0.3, 0.4) is 0 Å². The second-order valence-corrected chi connectivity index (χ2v) is 3.55. The molecule has 0 bridgehead atoms. The summed E-state index contributed by atoms with van der Waals surface area (Å²) in [5.74, 6) is 0.804. The molecule has 0 amide bonds. The average molecular weight is 211 g/mol. The third-order valence-corrected chi connectivity index (χ3v) is 2.53. The standard InChI is InChI=1S/C13H9NO2/c15-12-8-4-2-6-10(12)13-9-5-1-3-7-11(9)14-16-13/h1-8,15H. The third-order valence-electron chi connectivity index (χ3n) is 2.53. The van der Waals surface area contributed by atoms with Crippen molar-refractivity contribution in [1.82, 2.24) is 5.16 Å². The Kier molecular flexibility index (Phi) is 1.90. The van der Waals surface area contributed by atoms with Crippen LogP contribution in [0.2, 0.25) is 0 Å². The fourth-order valence-corrected chi connectivity index (χ4v) is 1.75. The number of nitrogens with zero attached hydrogens (tertiary/aromatic N) is 1. The molecule has 16 heavy (non-hydrogen) atoms. The van der Waals surface area contributed by atoms with Crippen molar-refractivity contribution in [2.75, 3.05) is 0 Å². The minimum absolute atomic E-state index is 0.199. The van der Waals surface area contributed by atoms with Gasteiger partial charge in [0.1, 0.15) is 11.3 Å². The Morgan fingerprint density at radius 3 is 2.56 bits per heavy atom. The number of phenols is 1. The second-order valence-electron chi connectivity index (χ2n) is 3.55. The number of hydrogen-bond donors (Lipinski definition) is 1. The van der Waals surface area contributed by atoms with Gasteiger partial charge in [-0.1, -0.05) is 29.4 Å². The van der Waals surface area contributed by atoms with Crippen LogP contribution in [0.1, 0.15) is 0 Å². The Bertz CT molecular complexity index is 643. The molecule has 78 valence electrons. The summed E-state index contributed by atoms with van der Waals surface area (Å²) >= 11 is 0. The molecule has 3 aromatic rings. The van der Waals surface area contributed by atoms with E-state index in [4.69, 9.17) is 4.52 Å². The monoisotopic (exact) mass is 211 g/mol. The number of para-hydroxylation sites is 1. The van der Waals surface area contributed by atoms with Crippen LogP contribution in [-0.2, 0) is 0 Å². The summed E-state index contributed by atoms with van der Waals surface area (Å²) in [5, 5.41) is 14.6. The molecule has 2 aromatic carbocycles. The van der Waals surface area contributed by atoms with Gasteiger partial charge in [0.05, 0.1) is 5.56 Å². The lowest BCUT2D eigenvalue weighted by Crippen LogP contribution is -1.76. The van der Waals surface area contributed by atoms with Gasteiger partial charge in [-0.05, 0) is 24.3 Å². The Balaban J connectivity index is 2.31. The number of hydrogen-bond acceptors (Lipinski definition) is 3. The number of aromatic nitrogens is 1. The van der Waals surface area contributed by atoms with Crippen LogP contribution in [0.4, 0.5) is 0 Å². The zero-order valence-electron chi connectivity index (χ0n) is 8.42. The van der Waals surface area contributed by atoms with Crippen molar-refractivity contribution in [3.8, 4) is 17.1 Å². The highest BCUT2D eigenvalue weighted by Gasteiger charge is 2.12. The first kappa shape index (κ1) is 8.97. The van der Waals surface area contributed by atoms with Gasteiger partial charge in [0, 0.05) is 5.39 Å². The molecule has 0 radical (unpaired) electrons. The molecule has 0 saturated heterocycles. The van der Waals surface area contributed by atoms with Crippen LogP contribution in [0.25, 0.3) is 22.2 Å². The molecular weight excluding hydrogens is 202 g/mol. The van der Waals surface area contributed by atoms with Gasteiger partial charge in [0.2, 0.25) is 0 Å². The Labute approximate surface area is 91.9 Å². The quantitative estimate of drug-likeness (QED) is 0.672. The summed E-state index contributed by atoms with van der Waals surface area (Å²) in [6.07, 6.45) is 0. The van der Waals surface area contributed by atoms with Gasteiger partial charge in [0.25, 0.3) is 0 Å². The van der Waals surface area contributed by atoms with E-state index in [1.807, 2.05) is 36.4 Å². The highest BCUT2D eigenvalue weighted by Crippen LogP contribution is 2.33. The van der Waals surface area contributed by atoms with Gasteiger partial charge in [-0.3, -0.25) is 0 Å². The highest BCUT2D eigenvalue weighted by molar-refractivity contribution is 5.92. The molecule has 3 nitrogen and oxygen atoms in total. The summed E-state index contributed by atoms with van der Waals surface area (Å²) < 4.78 is 5.27. The molecule has 1 heterocycles. The third kappa shape index (κ3) is 1.26. The van der Waals surface area contributed by atoms with Gasteiger partial charge in [-0.15, -0.1) is 0 Å². The Morgan fingerprint density at radius 2 is 1.69 bits per heavy atom. The molecule has 1 N–H and O–H groups in total. The number of rotatable bonds is 1. The fraction of sp³-hybridized carbons (Fsp3) is 0. The van der Waals surface area contributed by atoms with E-state index in [1.165, 1.54) is 0 Å². The van der Waals surface area contributed by atoms with Crippen LogP contribution in [0, 0.1) is 0 Å². The molecular formula is C13H9NO2. The lowest BCUT2D eigenvalue weighted by atomic mass is 10.1. The molecule has 0 aliphatic heterocycles. The second kappa shape index (κ2) is 3.38. The van der Waals surface area contributed by atoms with E-state index in [0.29, 0.717) is 11.3 Å². The molecule has 3 heteroatoms. The number of aromatic hydroxyl groups is 1. The Hall–Kier alpha value is -2.29. The largest absolute Gasteiger partial charge is 0.507 e. The molecule has 0 fully saturated rings. The smallest absolute Gasteiger partial charge is 0.178 e. The van der Waals surface area contributed by atoms with E-state index in [0.717, 1.165) is 10.9 Å². The number of fused-ring (bicyclic) bond motifs is 1. The molecule has 3 rings (SSSR count). The van der Waals surface area contributed by atoms with Crippen LogP contribution in [-0.4, -0.2) is 10.3 Å². The van der Waals surface area contributed by atoms with E-state index in [1.54, 1.807) is 12.1 Å². The van der Waals surface area contributed by atoms with E-state index in [-0.39, 0.29) is 5.75 Å². The lowest BCUT2D eigenvalue weighted by molar-refractivity contribution is 0.433. The lowest BCUT2D eigenvalue weighted by Gasteiger charge is -1.99.